The van der Waals surface area contributed by atoms with E-state index in [0.717, 1.165) is 0 Å². The van der Waals surface area contributed by atoms with Crippen molar-refractivity contribution in [3.8, 4) is 5.75 Å². The van der Waals surface area contributed by atoms with Gasteiger partial charge in [-0.1, -0.05) is 49.9 Å². The zero-order chi connectivity index (χ0) is 24.5. The van der Waals surface area contributed by atoms with Gasteiger partial charge in [0.2, 0.25) is 34.8 Å². The van der Waals surface area contributed by atoms with Crippen LogP contribution in [-0.2, 0) is 20.7 Å². The van der Waals surface area contributed by atoms with Crippen molar-refractivity contribution in [3.05, 3.63) is 89.5 Å². The molecule has 33 heavy (non-hydrogen) atoms. The molecule has 2 aromatic rings. The lowest BCUT2D eigenvalue weighted by Crippen LogP contribution is -2.33. The van der Waals surface area contributed by atoms with Gasteiger partial charge in [0.25, 0.3) is 0 Å². The highest BCUT2D eigenvalue weighted by atomic mass is 31.2. The van der Waals surface area contributed by atoms with Gasteiger partial charge in [-0.15, -0.1) is 0 Å². The fourth-order valence-corrected chi connectivity index (χ4v) is 3.43. The van der Waals surface area contributed by atoms with E-state index in [1.807, 2.05) is 6.92 Å². The van der Waals surface area contributed by atoms with Crippen molar-refractivity contribution < 1.29 is 40.5 Å². The molecule has 2 aromatic carbocycles. The van der Waals surface area contributed by atoms with Crippen molar-refractivity contribution in [2.24, 2.45) is 0 Å². The Morgan fingerprint density at radius 2 is 1.64 bits per heavy atom. The van der Waals surface area contributed by atoms with Crippen molar-refractivity contribution >= 4 is 14.5 Å². The van der Waals surface area contributed by atoms with Gasteiger partial charge in [0.1, 0.15) is 18.4 Å². The summed E-state index contributed by atoms with van der Waals surface area (Å²) in [4.78, 5) is 12.3. The molecule has 178 valence electrons. The molecule has 0 aliphatic heterocycles. The summed E-state index contributed by atoms with van der Waals surface area (Å²) in [5.41, 5.74) is 0.715. The number of carbonyl (C=O) groups excluding carboxylic acids is 1. The van der Waals surface area contributed by atoms with Crippen molar-refractivity contribution in [3.63, 3.8) is 0 Å². The van der Waals surface area contributed by atoms with Crippen molar-refractivity contribution in [1.82, 2.24) is 5.09 Å². The molecular formula is C22H21F5NO4P. The number of ether oxygens (including phenoxy) is 1. The Balaban J connectivity index is 2.19. The van der Waals surface area contributed by atoms with Gasteiger partial charge in [0.05, 0.1) is 0 Å². The summed E-state index contributed by atoms with van der Waals surface area (Å²) in [5, 5.41) is 2.50. The minimum Gasteiger partial charge on any atom is -0.460 e. The highest BCUT2D eigenvalue weighted by Gasteiger charge is 2.32. The number of hydrogen-bond acceptors (Lipinski definition) is 5. The standard InChI is InChI=1S/C22H21F5NO4P/c1-4-5-9-13(2)31-33(32-21-19(26)17(24)16(23)18(25)20(21)27)28-14(3)22(29)30-12-15-10-7-6-8-11-15/h5-11,14,28H,2,4,12H2,1,3H3/b9-5-/t14?,33-/m1/s1. The lowest BCUT2D eigenvalue weighted by atomic mass is 10.2. The third-order valence-corrected chi connectivity index (χ3v) is 5.31. The summed E-state index contributed by atoms with van der Waals surface area (Å²) >= 11 is 0. The molecule has 0 aromatic heterocycles. The Morgan fingerprint density at radius 1 is 1.06 bits per heavy atom. The van der Waals surface area contributed by atoms with E-state index in [0.29, 0.717) is 12.0 Å². The maximum atomic E-state index is 14.1. The smallest absolute Gasteiger partial charge is 0.382 e. The number of hydrogen-bond donors (Lipinski definition) is 1. The first-order valence-electron chi connectivity index (χ1n) is 9.65. The van der Waals surface area contributed by atoms with E-state index in [4.69, 9.17) is 13.8 Å². The zero-order valence-electron chi connectivity index (χ0n) is 17.7. The van der Waals surface area contributed by atoms with Crippen molar-refractivity contribution in [2.45, 2.75) is 32.9 Å². The summed E-state index contributed by atoms with van der Waals surface area (Å²) in [6.07, 6.45) is 3.66. The molecule has 0 aliphatic rings. The highest BCUT2D eigenvalue weighted by Crippen LogP contribution is 2.42. The van der Waals surface area contributed by atoms with Gasteiger partial charge in [-0.05, 0) is 25.0 Å². The normalized spacial score (nSPS) is 12.9. The van der Waals surface area contributed by atoms with Gasteiger partial charge in [-0.25, -0.2) is 18.3 Å². The minimum atomic E-state index is -2.63. The molecule has 2 atom stereocenters. The van der Waals surface area contributed by atoms with Gasteiger partial charge in [0.15, 0.2) is 0 Å². The molecule has 0 radical (unpaired) electrons. The number of carbonyl (C=O) groups is 1. The van der Waals surface area contributed by atoms with E-state index < -0.39 is 55.4 Å². The maximum absolute atomic E-state index is 14.1. The summed E-state index contributed by atoms with van der Waals surface area (Å²) < 4.78 is 84.0. The maximum Gasteiger partial charge on any atom is 0.382 e. The quantitative estimate of drug-likeness (QED) is 0.0774. The van der Waals surface area contributed by atoms with E-state index >= 15 is 0 Å². The molecule has 11 heteroatoms. The van der Waals surface area contributed by atoms with Gasteiger partial charge >= 0.3 is 14.5 Å². The topological polar surface area (TPSA) is 56.8 Å². The molecule has 5 nitrogen and oxygen atoms in total. The molecular weight excluding hydrogens is 468 g/mol. The van der Waals surface area contributed by atoms with E-state index in [1.54, 1.807) is 36.4 Å². The average Bonchev–Trinajstić information content (AvgIpc) is 2.81. The Kier molecular flexibility index (Phi) is 9.81. The van der Waals surface area contributed by atoms with Crippen molar-refractivity contribution in [1.29, 1.82) is 0 Å². The van der Waals surface area contributed by atoms with Crippen LogP contribution in [-0.4, -0.2) is 12.0 Å². The van der Waals surface area contributed by atoms with Crippen LogP contribution in [0.2, 0.25) is 0 Å². The van der Waals surface area contributed by atoms with Crippen LogP contribution >= 0.6 is 8.53 Å². The Morgan fingerprint density at radius 3 is 2.21 bits per heavy atom. The number of rotatable bonds is 11. The first kappa shape index (κ1) is 26.3. The number of halogens is 5. The zero-order valence-corrected chi connectivity index (χ0v) is 18.6. The third kappa shape index (κ3) is 7.27. The molecule has 2 rings (SSSR count). The molecule has 1 N–H and O–H groups in total. The number of nitrogens with one attached hydrogen (secondary N) is 1. The Hall–Kier alpha value is -2.97. The fraction of sp³-hybridized carbons (Fsp3) is 0.227. The van der Waals surface area contributed by atoms with Crippen LogP contribution in [0, 0.1) is 29.1 Å². The summed E-state index contributed by atoms with van der Waals surface area (Å²) in [6.45, 7) is 6.69. The van der Waals surface area contributed by atoms with Crippen LogP contribution in [0.15, 0.2) is 54.8 Å². The largest absolute Gasteiger partial charge is 0.460 e. The van der Waals surface area contributed by atoms with Crippen LogP contribution in [0.1, 0.15) is 25.8 Å². The molecule has 1 unspecified atom stereocenters. The van der Waals surface area contributed by atoms with Crippen molar-refractivity contribution in [2.75, 3.05) is 0 Å². The number of benzene rings is 2. The second-order valence-corrected chi connectivity index (χ2v) is 7.70. The Labute approximate surface area is 188 Å². The first-order valence-corrected chi connectivity index (χ1v) is 10.8. The second kappa shape index (κ2) is 12.3. The van der Waals surface area contributed by atoms with E-state index in [9.17, 15) is 26.7 Å². The number of allylic oxidation sites excluding steroid dienone is 2. The molecule has 0 aliphatic carbocycles. The van der Waals surface area contributed by atoms with E-state index in [2.05, 4.69) is 11.7 Å². The molecule has 0 bridgehead atoms. The van der Waals surface area contributed by atoms with E-state index in [1.165, 1.54) is 13.0 Å². The van der Waals surface area contributed by atoms with Crippen LogP contribution in [0.25, 0.3) is 0 Å². The molecule has 0 heterocycles. The van der Waals surface area contributed by atoms with Gasteiger partial charge in [-0.3, -0.25) is 4.79 Å². The lowest BCUT2D eigenvalue weighted by Gasteiger charge is -2.22. The van der Waals surface area contributed by atoms with Crippen LogP contribution in [0.5, 0.6) is 5.75 Å². The summed E-state index contributed by atoms with van der Waals surface area (Å²) in [7, 11) is -2.63. The first-order chi connectivity index (χ1) is 15.6. The average molecular weight is 489 g/mol. The van der Waals surface area contributed by atoms with Crippen LogP contribution in [0.3, 0.4) is 0 Å². The summed E-state index contributed by atoms with van der Waals surface area (Å²) in [6, 6.07) is 7.63. The van der Waals surface area contributed by atoms with Crippen LogP contribution < -0.4 is 9.61 Å². The Bertz CT molecular complexity index is 991. The van der Waals surface area contributed by atoms with Gasteiger partial charge < -0.3 is 13.8 Å². The predicted octanol–water partition coefficient (Wildman–Crippen LogP) is 6.21. The third-order valence-electron chi connectivity index (χ3n) is 3.96. The summed E-state index contributed by atoms with van der Waals surface area (Å²) in [5.74, 6) is -13.4. The molecule has 0 saturated heterocycles. The minimum absolute atomic E-state index is 0.0378. The monoisotopic (exact) mass is 489 g/mol. The number of esters is 1. The molecule has 0 amide bonds. The lowest BCUT2D eigenvalue weighted by molar-refractivity contribution is -0.146. The predicted molar refractivity (Wildman–Crippen MR) is 112 cm³/mol. The molecule has 0 spiro atoms. The molecule has 0 fully saturated rings. The fourth-order valence-electron chi connectivity index (χ4n) is 2.27. The highest BCUT2D eigenvalue weighted by molar-refractivity contribution is 7.45. The van der Waals surface area contributed by atoms with Gasteiger partial charge in [-0.2, -0.15) is 8.78 Å². The van der Waals surface area contributed by atoms with E-state index in [-0.39, 0.29) is 12.4 Å². The SMILES string of the molecule is C=C(/C=C\CC)O[P@@](NC(C)C(=O)OCc1ccccc1)Oc1c(F)c(F)c(F)c(F)c1F. The molecule has 0 saturated carbocycles. The van der Waals surface area contributed by atoms with Crippen LogP contribution in [0.4, 0.5) is 22.0 Å². The second-order valence-electron chi connectivity index (χ2n) is 6.56. The van der Waals surface area contributed by atoms with Gasteiger partial charge in [0, 0.05) is 0 Å².